The van der Waals surface area contributed by atoms with Gasteiger partial charge in [0.05, 0.1) is 17.9 Å². The van der Waals surface area contributed by atoms with Crippen molar-refractivity contribution in [3.05, 3.63) is 72.9 Å². The Kier molecular flexibility index (Phi) is 38.8. The minimum absolute atomic E-state index is 0.272. The predicted octanol–water partition coefficient (Wildman–Crippen LogP) is 13.4. The van der Waals surface area contributed by atoms with Crippen LogP contribution in [0, 0.1) is 0 Å². The molecule has 0 aliphatic carbocycles. The van der Waals surface area contributed by atoms with Gasteiger partial charge in [-0.25, -0.2) is 0 Å². The summed E-state index contributed by atoms with van der Waals surface area (Å²) in [5, 5.41) is 13.4. The fourth-order valence-electron chi connectivity index (χ4n) is 6.40. The molecule has 3 N–H and O–H groups in total. The van der Waals surface area contributed by atoms with E-state index in [0.29, 0.717) is 12.8 Å². The number of hydrogen-bond donors (Lipinski definition) is 3. The minimum Gasteiger partial charge on any atom is -0.391 e. The van der Waals surface area contributed by atoms with Crippen molar-refractivity contribution in [2.75, 3.05) is 5.75 Å². The van der Waals surface area contributed by atoms with Crippen molar-refractivity contribution in [3.63, 3.8) is 0 Å². The van der Waals surface area contributed by atoms with Gasteiger partial charge in [-0.05, 0) is 64.2 Å². The number of carbonyl (C=O) groups excluding carboxylic acids is 1. The molecule has 1 amide bonds. The van der Waals surface area contributed by atoms with Gasteiger partial charge < -0.3 is 10.4 Å². The summed E-state index contributed by atoms with van der Waals surface area (Å²) >= 11 is 0. The largest absolute Gasteiger partial charge is 0.391 e. The molecule has 0 aromatic carbocycles. The molecule has 0 fully saturated rings. The third-order valence-electron chi connectivity index (χ3n) is 9.68. The van der Waals surface area contributed by atoms with Crippen LogP contribution in [0.5, 0.6) is 0 Å². The van der Waals surface area contributed by atoms with Gasteiger partial charge in [0.1, 0.15) is 0 Å². The number of aliphatic hydroxyl groups excluding tert-OH is 1. The zero-order chi connectivity index (χ0) is 39.6. The quantitative estimate of drug-likeness (QED) is 0.0328. The average molecular weight is 774 g/mol. The molecule has 0 aliphatic heterocycles. The predicted molar refractivity (Wildman–Crippen MR) is 234 cm³/mol. The van der Waals surface area contributed by atoms with Crippen molar-refractivity contribution in [1.29, 1.82) is 0 Å². The monoisotopic (exact) mass is 774 g/mol. The lowest BCUT2D eigenvalue weighted by Crippen LogP contribution is -2.47. The first-order valence-corrected chi connectivity index (χ1v) is 23.7. The van der Waals surface area contributed by atoms with Crippen molar-refractivity contribution in [3.8, 4) is 0 Å². The zero-order valence-corrected chi connectivity index (χ0v) is 35.6. The topological polar surface area (TPSA) is 104 Å². The molecule has 0 radical (unpaired) electrons. The number of allylic oxidation sites excluding steroid dienone is 12. The Hall–Kier alpha value is -2.22. The van der Waals surface area contributed by atoms with Gasteiger partial charge in [0.15, 0.2) is 0 Å². The summed E-state index contributed by atoms with van der Waals surface area (Å²) in [7, 11) is -4.33. The number of carbonyl (C=O) groups is 1. The molecule has 54 heavy (non-hydrogen) atoms. The van der Waals surface area contributed by atoms with Crippen molar-refractivity contribution in [1.82, 2.24) is 5.32 Å². The lowest BCUT2D eigenvalue weighted by atomic mass is 10.0. The van der Waals surface area contributed by atoms with E-state index < -0.39 is 28.0 Å². The van der Waals surface area contributed by atoms with Gasteiger partial charge in [0.2, 0.25) is 5.91 Å². The van der Waals surface area contributed by atoms with Gasteiger partial charge in [-0.15, -0.1) is 0 Å². The first-order valence-electron chi connectivity index (χ1n) is 22.1. The summed E-state index contributed by atoms with van der Waals surface area (Å²) in [5.74, 6) is -0.934. The number of aliphatic hydroxyl groups is 1. The highest BCUT2D eigenvalue weighted by molar-refractivity contribution is 7.85. The number of amides is 1. The fourth-order valence-corrected chi connectivity index (χ4v) is 7.16. The molecule has 2 unspecified atom stereocenters. The summed E-state index contributed by atoms with van der Waals surface area (Å²) in [6.45, 7) is 4.41. The average Bonchev–Trinajstić information content (AvgIpc) is 3.14. The normalized spacial score (nSPS) is 13.9. The highest BCUT2D eigenvalue weighted by atomic mass is 32.2. The van der Waals surface area contributed by atoms with Crippen LogP contribution in [0.3, 0.4) is 0 Å². The molecule has 0 rings (SSSR count). The van der Waals surface area contributed by atoms with Crippen LogP contribution in [-0.4, -0.2) is 41.9 Å². The van der Waals surface area contributed by atoms with Gasteiger partial charge in [-0.2, -0.15) is 8.42 Å². The molecule has 0 saturated heterocycles. The van der Waals surface area contributed by atoms with E-state index in [1.807, 2.05) is 0 Å². The van der Waals surface area contributed by atoms with Gasteiger partial charge in [0, 0.05) is 6.42 Å². The Morgan fingerprint density at radius 2 is 0.889 bits per heavy atom. The number of unbranched alkanes of at least 4 members (excludes halogenated alkanes) is 19. The van der Waals surface area contributed by atoms with E-state index in [9.17, 15) is 22.9 Å². The summed E-state index contributed by atoms with van der Waals surface area (Å²) in [5.41, 5.74) is 0. The lowest BCUT2D eigenvalue weighted by Gasteiger charge is -2.23. The molecule has 0 heterocycles. The number of nitrogens with one attached hydrogen (secondary N) is 1. The van der Waals surface area contributed by atoms with Gasteiger partial charge in [-0.1, -0.05) is 202 Å². The molecule has 6 nitrogen and oxygen atoms in total. The molecule has 0 aromatic heterocycles. The minimum atomic E-state index is -4.33. The molecule has 0 aliphatic rings. The Balaban J connectivity index is 3.93. The van der Waals surface area contributed by atoms with E-state index in [2.05, 4.69) is 92.1 Å². The summed E-state index contributed by atoms with van der Waals surface area (Å²) < 4.78 is 32.6. The van der Waals surface area contributed by atoms with E-state index in [-0.39, 0.29) is 12.3 Å². The van der Waals surface area contributed by atoms with Crippen LogP contribution in [0.1, 0.15) is 200 Å². The van der Waals surface area contributed by atoms with Crippen LogP contribution in [-0.2, 0) is 14.9 Å². The third-order valence-corrected chi connectivity index (χ3v) is 10.5. The van der Waals surface area contributed by atoms with Crippen molar-refractivity contribution in [2.45, 2.75) is 212 Å². The molecule has 312 valence electrons. The van der Waals surface area contributed by atoms with Crippen molar-refractivity contribution < 1.29 is 22.9 Å². The van der Waals surface area contributed by atoms with Crippen LogP contribution < -0.4 is 5.32 Å². The van der Waals surface area contributed by atoms with Crippen molar-refractivity contribution >= 4 is 16.0 Å². The fraction of sp³-hybridized carbons (Fsp3) is 0.723. The molecule has 0 aromatic rings. The molecule has 2 atom stereocenters. The Morgan fingerprint density at radius 3 is 1.31 bits per heavy atom. The zero-order valence-electron chi connectivity index (χ0n) is 34.8. The molecule has 0 bridgehead atoms. The van der Waals surface area contributed by atoms with Crippen LogP contribution in [0.4, 0.5) is 0 Å². The van der Waals surface area contributed by atoms with Gasteiger partial charge in [0.25, 0.3) is 10.1 Å². The molecular formula is C47H83NO5S. The summed E-state index contributed by atoms with van der Waals surface area (Å²) in [4.78, 5) is 12.6. The number of rotatable bonds is 39. The summed E-state index contributed by atoms with van der Waals surface area (Å²) in [6.07, 6.45) is 57.0. The highest BCUT2D eigenvalue weighted by Crippen LogP contribution is 2.16. The Labute approximate surface area is 334 Å². The molecule has 7 heteroatoms. The second-order valence-corrected chi connectivity index (χ2v) is 16.4. The SMILES string of the molecule is CC/C=C\C/C=C\C/C=C\C/C=C\C/C=C\C/C=C\CCCCCCC(=O)NC(CS(=O)(=O)O)C(O)CCCCCCCCCCCCCCCCCC. The van der Waals surface area contributed by atoms with E-state index in [4.69, 9.17) is 0 Å². The highest BCUT2D eigenvalue weighted by Gasteiger charge is 2.26. The van der Waals surface area contributed by atoms with Crippen LogP contribution in [0.15, 0.2) is 72.9 Å². The van der Waals surface area contributed by atoms with Gasteiger partial charge in [-0.3, -0.25) is 9.35 Å². The number of hydrogen-bond acceptors (Lipinski definition) is 4. The molecular weight excluding hydrogens is 691 g/mol. The van der Waals surface area contributed by atoms with Gasteiger partial charge >= 0.3 is 0 Å². The van der Waals surface area contributed by atoms with Crippen LogP contribution in [0.25, 0.3) is 0 Å². The van der Waals surface area contributed by atoms with E-state index in [1.165, 1.54) is 83.5 Å². The maximum absolute atomic E-state index is 12.6. The lowest BCUT2D eigenvalue weighted by molar-refractivity contribution is -0.122. The first kappa shape index (κ1) is 51.8. The van der Waals surface area contributed by atoms with E-state index >= 15 is 0 Å². The van der Waals surface area contributed by atoms with E-state index in [1.54, 1.807) is 0 Å². The second kappa shape index (κ2) is 40.4. The Morgan fingerprint density at radius 1 is 0.519 bits per heavy atom. The Bertz CT molecular complexity index is 1120. The summed E-state index contributed by atoms with van der Waals surface area (Å²) in [6, 6.07) is -0.989. The maximum Gasteiger partial charge on any atom is 0.266 e. The molecule has 0 saturated carbocycles. The van der Waals surface area contributed by atoms with Crippen LogP contribution in [0.2, 0.25) is 0 Å². The standard InChI is InChI=1S/C47H83NO5S/c1-3-5-7-9-11-13-15-17-19-21-22-23-24-25-26-27-29-31-33-35-37-39-41-43-47(50)48-45(44-54(51,52)53)46(49)42-40-38-36-34-32-30-28-20-18-16-14-12-10-8-6-4-2/h5,7,11,13,17,19,22-23,25-26,29,31,45-46,49H,3-4,6,8-10,12,14-16,18,20-21,24,27-28,30,32-44H2,1-2H3,(H,48,50)(H,51,52,53)/b7-5-,13-11-,19-17-,23-22-,26-25-,31-29-. The van der Waals surface area contributed by atoms with E-state index in [0.717, 1.165) is 83.5 Å². The second-order valence-electron chi connectivity index (χ2n) is 14.9. The maximum atomic E-state index is 12.6. The smallest absolute Gasteiger partial charge is 0.266 e. The first-order chi connectivity index (χ1) is 26.3. The van der Waals surface area contributed by atoms with Crippen LogP contribution >= 0.6 is 0 Å². The molecule has 0 spiro atoms. The third kappa shape index (κ3) is 41.0. The van der Waals surface area contributed by atoms with Crippen molar-refractivity contribution in [2.24, 2.45) is 0 Å².